The largest absolute Gasteiger partial charge is 0.477 e. The third-order valence-corrected chi connectivity index (χ3v) is 3.17. The quantitative estimate of drug-likeness (QED) is 0.615. The molecular formula is C13H16N2O6. The minimum Gasteiger partial charge on any atom is -0.477 e. The van der Waals surface area contributed by atoms with Gasteiger partial charge in [-0.05, 0) is 6.07 Å². The van der Waals surface area contributed by atoms with Gasteiger partial charge in [0, 0.05) is 12.6 Å². The Labute approximate surface area is 121 Å². The lowest BCUT2D eigenvalue weighted by molar-refractivity contribution is -0.385. The number of nitro groups is 1. The van der Waals surface area contributed by atoms with Gasteiger partial charge in [0.15, 0.2) is 12.4 Å². The van der Waals surface area contributed by atoms with Gasteiger partial charge in [0.25, 0.3) is 5.91 Å². The van der Waals surface area contributed by atoms with E-state index in [1.54, 1.807) is 6.07 Å². The summed E-state index contributed by atoms with van der Waals surface area (Å²) in [6.07, 6.45) is 0. The number of amides is 1. The zero-order valence-electron chi connectivity index (χ0n) is 11.3. The molecule has 2 rings (SSSR count). The summed E-state index contributed by atoms with van der Waals surface area (Å²) in [5.41, 5.74) is -0.189. The van der Waals surface area contributed by atoms with Crippen molar-refractivity contribution in [1.82, 2.24) is 4.90 Å². The first kappa shape index (κ1) is 15.2. The van der Waals surface area contributed by atoms with E-state index in [1.807, 2.05) is 0 Å². The second-order valence-corrected chi connectivity index (χ2v) is 4.51. The summed E-state index contributed by atoms with van der Waals surface area (Å²) in [4.78, 5) is 23.8. The minimum atomic E-state index is -0.564. The van der Waals surface area contributed by atoms with Gasteiger partial charge in [-0.15, -0.1) is 0 Å². The molecule has 1 aliphatic heterocycles. The van der Waals surface area contributed by atoms with Crippen LogP contribution in [0.4, 0.5) is 5.69 Å². The highest BCUT2D eigenvalue weighted by molar-refractivity contribution is 5.78. The van der Waals surface area contributed by atoms with Crippen LogP contribution < -0.4 is 4.74 Å². The van der Waals surface area contributed by atoms with Crippen LogP contribution in [0.3, 0.4) is 0 Å². The Morgan fingerprint density at radius 1 is 1.52 bits per heavy atom. The van der Waals surface area contributed by atoms with E-state index in [-0.39, 0.29) is 37.2 Å². The van der Waals surface area contributed by atoms with Crippen LogP contribution in [0.15, 0.2) is 24.3 Å². The SMILES string of the molecule is O=C(COc1ccccc1[N+](=O)[O-])N1CCOCC1CO. The smallest absolute Gasteiger partial charge is 0.310 e. The van der Waals surface area contributed by atoms with E-state index >= 15 is 0 Å². The van der Waals surface area contributed by atoms with Crippen LogP contribution in [0.25, 0.3) is 0 Å². The predicted octanol–water partition coefficient (Wildman–Crippen LogP) is 0.193. The summed E-state index contributed by atoms with van der Waals surface area (Å²) in [6.45, 7) is 0.518. The number of para-hydroxylation sites is 2. The number of hydrogen-bond donors (Lipinski definition) is 1. The Kier molecular flexibility index (Phi) is 5.07. The molecule has 1 fully saturated rings. The van der Waals surface area contributed by atoms with Crippen LogP contribution in [0, 0.1) is 10.1 Å². The van der Waals surface area contributed by atoms with Crippen LogP contribution in [0.5, 0.6) is 5.75 Å². The number of aliphatic hydroxyl groups excluding tert-OH is 1. The molecule has 21 heavy (non-hydrogen) atoms. The number of nitrogens with zero attached hydrogens (tertiary/aromatic N) is 2. The fraction of sp³-hybridized carbons (Fsp3) is 0.462. The molecular weight excluding hydrogens is 280 g/mol. The number of carbonyl (C=O) groups excluding carboxylic acids is 1. The van der Waals surface area contributed by atoms with Crippen molar-refractivity contribution in [1.29, 1.82) is 0 Å². The van der Waals surface area contributed by atoms with Gasteiger partial charge in [-0.1, -0.05) is 12.1 Å². The van der Waals surface area contributed by atoms with E-state index in [2.05, 4.69) is 0 Å². The van der Waals surface area contributed by atoms with Crippen molar-refractivity contribution in [3.8, 4) is 5.75 Å². The van der Waals surface area contributed by atoms with E-state index in [0.717, 1.165) is 0 Å². The maximum Gasteiger partial charge on any atom is 0.310 e. The summed E-state index contributed by atoms with van der Waals surface area (Å²) >= 11 is 0. The molecule has 1 atom stereocenters. The van der Waals surface area contributed by atoms with Crippen LogP contribution in [0.1, 0.15) is 0 Å². The number of nitro benzene ring substituents is 1. The zero-order valence-corrected chi connectivity index (χ0v) is 11.3. The van der Waals surface area contributed by atoms with Crippen LogP contribution >= 0.6 is 0 Å². The Hall–Kier alpha value is -2.19. The number of aliphatic hydroxyl groups is 1. The molecule has 0 aromatic heterocycles. The molecule has 1 aliphatic rings. The van der Waals surface area contributed by atoms with Gasteiger partial charge >= 0.3 is 5.69 Å². The standard InChI is InChI=1S/C13H16N2O6/c16-7-10-8-20-6-5-14(10)13(17)9-21-12-4-2-1-3-11(12)15(18)19/h1-4,10,16H,5-9H2. The molecule has 0 aliphatic carbocycles. The molecule has 0 bridgehead atoms. The molecule has 0 radical (unpaired) electrons. The van der Waals surface area contributed by atoms with Crippen molar-refractivity contribution in [2.24, 2.45) is 0 Å². The fourth-order valence-corrected chi connectivity index (χ4v) is 2.09. The Balaban J connectivity index is 1.99. The molecule has 1 saturated heterocycles. The van der Waals surface area contributed by atoms with Crippen molar-refractivity contribution in [3.05, 3.63) is 34.4 Å². The van der Waals surface area contributed by atoms with Crippen LogP contribution in [-0.4, -0.2) is 59.9 Å². The normalized spacial score (nSPS) is 18.3. The van der Waals surface area contributed by atoms with Crippen molar-refractivity contribution in [3.63, 3.8) is 0 Å². The first-order valence-corrected chi connectivity index (χ1v) is 6.47. The molecule has 1 unspecified atom stereocenters. The van der Waals surface area contributed by atoms with E-state index in [9.17, 15) is 20.0 Å². The van der Waals surface area contributed by atoms with Gasteiger partial charge in [-0.25, -0.2) is 0 Å². The van der Waals surface area contributed by atoms with E-state index < -0.39 is 11.0 Å². The molecule has 8 nitrogen and oxygen atoms in total. The lowest BCUT2D eigenvalue weighted by Gasteiger charge is -2.34. The molecule has 1 heterocycles. The summed E-state index contributed by atoms with van der Waals surface area (Å²) in [6, 6.07) is 5.47. The summed E-state index contributed by atoms with van der Waals surface area (Å²) in [5, 5.41) is 20.1. The predicted molar refractivity (Wildman–Crippen MR) is 72.0 cm³/mol. The number of carbonyl (C=O) groups is 1. The lowest BCUT2D eigenvalue weighted by Crippen LogP contribution is -2.51. The van der Waals surface area contributed by atoms with Crippen LogP contribution in [-0.2, 0) is 9.53 Å². The third kappa shape index (κ3) is 3.67. The second kappa shape index (κ2) is 7.00. The Morgan fingerprint density at radius 3 is 3.00 bits per heavy atom. The van der Waals surface area contributed by atoms with E-state index in [4.69, 9.17) is 9.47 Å². The number of morpholine rings is 1. The maximum absolute atomic E-state index is 12.1. The lowest BCUT2D eigenvalue weighted by atomic mass is 10.2. The highest BCUT2D eigenvalue weighted by Gasteiger charge is 2.27. The second-order valence-electron chi connectivity index (χ2n) is 4.51. The van der Waals surface area contributed by atoms with Crippen molar-refractivity contribution < 1.29 is 24.3 Å². The number of ether oxygens (including phenoxy) is 2. The Morgan fingerprint density at radius 2 is 2.29 bits per heavy atom. The van der Waals surface area contributed by atoms with Gasteiger partial charge < -0.3 is 19.5 Å². The van der Waals surface area contributed by atoms with E-state index in [1.165, 1.54) is 23.1 Å². The number of benzene rings is 1. The first-order valence-electron chi connectivity index (χ1n) is 6.47. The highest BCUT2D eigenvalue weighted by Crippen LogP contribution is 2.25. The molecule has 1 aromatic rings. The maximum atomic E-state index is 12.1. The molecule has 0 saturated carbocycles. The monoisotopic (exact) mass is 296 g/mol. The molecule has 1 amide bonds. The number of hydrogen-bond acceptors (Lipinski definition) is 6. The summed E-state index contributed by atoms with van der Waals surface area (Å²) < 4.78 is 10.4. The van der Waals surface area contributed by atoms with Gasteiger partial charge in [-0.3, -0.25) is 14.9 Å². The van der Waals surface area contributed by atoms with Crippen molar-refractivity contribution in [2.75, 3.05) is 33.0 Å². The molecule has 114 valence electrons. The average Bonchev–Trinajstić information content (AvgIpc) is 2.52. The topological polar surface area (TPSA) is 102 Å². The molecule has 0 spiro atoms. The average molecular weight is 296 g/mol. The summed E-state index contributed by atoms with van der Waals surface area (Å²) in [7, 11) is 0. The van der Waals surface area contributed by atoms with E-state index in [0.29, 0.717) is 13.2 Å². The van der Waals surface area contributed by atoms with Gasteiger partial charge in [-0.2, -0.15) is 0 Å². The Bertz CT molecular complexity index is 521. The minimum absolute atomic E-state index is 0.0460. The first-order chi connectivity index (χ1) is 10.1. The highest BCUT2D eigenvalue weighted by atomic mass is 16.6. The van der Waals surface area contributed by atoms with Gasteiger partial charge in [0.1, 0.15) is 0 Å². The van der Waals surface area contributed by atoms with Crippen LogP contribution in [0.2, 0.25) is 0 Å². The zero-order chi connectivity index (χ0) is 15.2. The number of rotatable bonds is 5. The summed E-state index contributed by atoms with van der Waals surface area (Å²) in [5.74, 6) is -0.292. The van der Waals surface area contributed by atoms with Gasteiger partial charge in [0.05, 0.1) is 30.8 Å². The van der Waals surface area contributed by atoms with Crippen molar-refractivity contribution >= 4 is 11.6 Å². The fourth-order valence-electron chi connectivity index (χ4n) is 2.09. The third-order valence-electron chi connectivity index (χ3n) is 3.17. The molecule has 1 N–H and O–H groups in total. The molecule has 8 heteroatoms. The van der Waals surface area contributed by atoms with Crippen molar-refractivity contribution in [2.45, 2.75) is 6.04 Å². The molecule has 1 aromatic carbocycles. The van der Waals surface area contributed by atoms with Gasteiger partial charge in [0.2, 0.25) is 0 Å².